The lowest BCUT2D eigenvalue weighted by Crippen LogP contribution is -2.36. The van der Waals surface area contributed by atoms with E-state index in [1.807, 2.05) is 0 Å². The quantitative estimate of drug-likeness (QED) is 0.871. The molecule has 0 radical (unpaired) electrons. The third-order valence-electron chi connectivity index (χ3n) is 4.90. The largest absolute Gasteiger partial charge is 0.346 e. The number of carbonyl (C=O) groups is 1. The molecule has 1 aliphatic carbocycles. The summed E-state index contributed by atoms with van der Waals surface area (Å²) in [4.78, 5) is 14.6. The number of piperidine rings is 1. The van der Waals surface area contributed by atoms with Crippen LogP contribution < -0.4 is 5.32 Å². The van der Waals surface area contributed by atoms with E-state index < -0.39 is 17.2 Å². The number of hydrogen-bond acceptors (Lipinski definition) is 2. The van der Waals surface area contributed by atoms with E-state index in [2.05, 4.69) is 10.2 Å². The summed E-state index contributed by atoms with van der Waals surface area (Å²) in [6.45, 7) is 3.19. The summed E-state index contributed by atoms with van der Waals surface area (Å²) >= 11 is 0. The van der Waals surface area contributed by atoms with Crippen LogP contribution in [0, 0.1) is 11.6 Å². The van der Waals surface area contributed by atoms with E-state index in [4.69, 9.17) is 0 Å². The number of carbonyl (C=O) groups excluding carboxylic acids is 1. The standard InChI is InChI=1S/C18H24F2N2O/c19-14-6-7-16(20)15(13-14)18(8-9-18)21-17(23)5-4-12-22-10-2-1-3-11-22/h6-7,13H,1-5,8-12H2,(H,21,23). The van der Waals surface area contributed by atoms with E-state index in [9.17, 15) is 13.6 Å². The zero-order chi connectivity index (χ0) is 16.3. The summed E-state index contributed by atoms with van der Waals surface area (Å²) in [6, 6.07) is 3.44. The summed E-state index contributed by atoms with van der Waals surface area (Å²) in [6.07, 6.45) is 6.39. The van der Waals surface area contributed by atoms with Crippen LogP contribution in [0.1, 0.15) is 50.5 Å². The van der Waals surface area contributed by atoms with Gasteiger partial charge in [-0.25, -0.2) is 8.78 Å². The highest BCUT2D eigenvalue weighted by atomic mass is 19.1. The Morgan fingerprint density at radius 1 is 1.17 bits per heavy atom. The molecule has 126 valence electrons. The van der Waals surface area contributed by atoms with Gasteiger partial charge >= 0.3 is 0 Å². The highest BCUT2D eigenvalue weighted by Gasteiger charge is 2.47. The number of nitrogens with one attached hydrogen (secondary N) is 1. The molecule has 0 aromatic heterocycles. The second kappa shape index (κ2) is 6.95. The van der Waals surface area contributed by atoms with Gasteiger partial charge in [-0.1, -0.05) is 6.42 Å². The summed E-state index contributed by atoms with van der Waals surface area (Å²) in [5.41, 5.74) is -0.407. The molecule has 5 heteroatoms. The van der Waals surface area contributed by atoms with Gasteiger partial charge in [-0.3, -0.25) is 4.79 Å². The predicted molar refractivity (Wildman–Crippen MR) is 84.9 cm³/mol. The Balaban J connectivity index is 1.50. The van der Waals surface area contributed by atoms with Crippen LogP contribution in [0.15, 0.2) is 18.2 Å². The van der Waals surface area contributed by atoms with Crippen molar-refractivity contribution in [3.05, 3.63) is 35.4 Å². The normalized spacial score (nSPS) is 20.3. The fraction of sp³-hybridized carbons (Fsp3) is 0.611. The van der Waals surface area contributed by atoms with Crippen molar-refractivity contribution in [2.24, 2.45) is 0 Å². The van der Waals surface area contributed by atoms with Crippen molar-refractivity contribution in [3.63, 3.8) is 0 Å². The molecule has 1 N–H and O–H groups in total. The van der Waals surface area contributed by atoms with Gasteiger partial charge in [-0.05, 0) is 69.9 Å². The van der Waals surface area contributed by atoms with Gasteiger partial charge in [0.25, 0.3) is 0 Å². The number of rotatable bonds is 6. The minimum atomic E-state index is -0.686. The highest BCUT2D eigenvalue weighted by Crippen LogP contribution is 2.46. The topological polar surface area (TPSA) is 32.3 Å². The van der Waals surface area contributed by atoms with Crippen molar-refractivity contribution in [1.82, 2.24) is 10.2 Å². The molecule has 1 heterocycles. The number of benzene rings is 1. The molecule has 1 aliphatic heterocycles. The zero-order valence-electron chi connectivity index (χ0n) is 13.4. The van der Waals surface area contributed by atoms with E-state index in [-0.39, 0.29) is 11.5 Å². The number of amides is 1. The van der Waals surface area contributed by atoms with Gasteiger partial charge in [0.2, 0.25) is 5.91 Å². The van der Waals surface area contributed by atoms with Crippen LogP contribution in [0.25, 0.3) is 0 Å². The molecule has 2 aliphatic rings. The van der Waals surface area contributed by atoms with Crippen LogP contribution in [0.2, 0.25) is 0 Å². The van der Waals surface area contributed by atoms with Crippen molar-refractivity contribution >= 4 is 5.91 Å². The van der Waals surface area contributed by atoms with E-state index in [0.29, 0.717) is 19.3 Å². The first-order chi connectivity index (χ1) is 11.1. The van der Waals surface area contributed by atoms with Gasteiger partial charge < -0.3 is 10.2 Å². The first-order valence-electron chi connectivity index (χ1n) is 8.58. The van der Waals surface area contributed by atoms with Gasteiger partial charge in [0, 0.05) is 12.0 Å². The van der Waals surface area contributed by atoms with Gasteiger partial charge in [0.15, 0.2) is 0 Å². The molecular weight excluding hydrogens is 298 g/mol. The highest BCUT2D eigenvalue weighted by molar-refractivity contribution is 5.77. The summed E-state index contributed by atoms with van der Waals surface area (Å²) in [5.74, 6) is -0.979. The molecule has 0 unspecified atom stereocenters. The maximum absolute atomic E-state index is 13.9. The van der Waals surface area contributed by atoms with Crippen molar-refractivity contribution in [2.45, 2.75) is 50.5 Å². The van der Waals surface area contributed by atoms with Crippen LogP contribution in [-0.2, 0) is 10.3 Å². The third-order valence-corrected chi connectivity index (χ3v) is 4.90. The first-order valence-corrected chi connectivity index (χ1v) is 8.58. The second-order valence-electron chi connectivity index (χ2n) is 6.76. The predicted octanol–water partition coefficient (Wildman–Crippen LogP) is 3.34. The Bertz CT molecular complexity index is 566. The molecule has 1 saturated heterocycles. The van der Waals surface area contributed by atoms with E-state index in [0.717, 1.165) is 38.2 Å². The third kappa shape index (κ3) is 4.08. The van der Waals surface area contributed by atoms with Gasteiger partial charge in [-0.2, -0.15) is 0 Å². The molecule has 1 saturated carbocycles. The van der Waals surface area contributed by atoms with E-state index >= 15 is 0 Å². The number of nitrogens with zero attached hydrogens (tertiary/aromatic N) is 1. The fourth-order valence-electron chi connectivity index (χ4n) is 3.43. The lowest BCUT2D eigenvalue weighted by molar-refractivity contribution is -0.122. The van der Waals surface area contributed by atoms with E-state index in [1.165, 1.54) is 25.3 Å². The van der Waals surface area contributed by atoms with Gasteiger partial charge in [0.05, 0.1) is 5.54 Å². The Kier molecular flexibility index (Phi) is 4.95. The van der Waals surface area contributed by atoms with E-state index in [1.54, 1.807) is 0 Å². The average Bonchev–Trinajstić information content (AvgIpc) is 3.31. The minimum absolute atomic E-state index is 0.0665. The molecule has 1 amide bonds. The Morgan fingerprint density at radius 2 is 1.91 bits per heavy atom. The van der Waals surface area contributed by atoms with Crippen molar-refractivity contribution in [1.29, 1.82) is 0 Å². The molecule has 3 rings (SSSR count). The SMILES string of the molecule is O=C(CCCN1CCCCC1)NC1(c2cc(F)ccc2F)CC1. The zero-order valence-corrected chi connectivity index (χ0v) is 13.4. The Hall–Kier alpha value is -1.49. The molecule has 1 aromatic carbocycles. The summed E-state index contributed by atoms with van der Waals surface area (Å²) < 4.78 is 27.3. The maximum atomic E-state index is 13.9. The van der Waals surface area contributed by atoms with Crippen LogP contribution in [0.5, 0.6) is 0 Å². The summed E-state index contributed by atoms with van der Waals surface area (Å²) in [5, 5.41) is 2.93. The first kappa shape index (κ1) is 16.4. The lowest BCUT2D eigenvalue weighted by Gasteiger charge is -2.26. The molecule has 0 bridgehead atoms. The molecule has 1 aromatic rings. The lowest BCUT2D eigenvalue weighted by atomic mass is 10.0. The Morgan fingerprint density at radius 3 is 2.61 bits per heavy atom. The second-order valence-corrected chi connectivity index (χ2v) is 6.76. The maximum Gasteiger partial charge on any atom is 0.220 e. The van der Waals surface area contributed by atoms with Crippen LogP contribution in [-0.4, -0.2) is 30.4 Å². The van der Waals surface area contributed by atoms with Gasteiger partial charge in [-0.15, -0.1) is 0 Å². The molecular formula is C18H24F2N2O. The molecule has 2 fully saturated rings. The summed E-state index contributed by atoms with van der Waals surface area (Å²) in [7, 11) is 0. The molecule has 3 nitrogen and oxygen atoms in total. The average molecular weight is 322 g/mol. The minimum Gasteiger partial charge on any atom is -0.346 e. The van der Waals surface area contributed by atoms with Crippen LogP contribution >= 0.6 is 0 Å². The monoisotopic (exact) mass is 322 g/mol. The fourth-order valence-corrected chi connectivity index (χ4v) is 3.43. The smallest absolute Gasteiger partial charge is 0.220 e. The van der Waals surface area contributed by atoms with Gasteiger partial charge in [0.1, 0.15) is 11.6 Å². The number of likely N-dealkylation sites (tertiary alicyclic amines) is 1. The molecule has 23 heavy (non-hydrogen) atoms. The van der Waals surface area contributed by atoms with Crippen LogP contribution in [0.3, 0.4) is 0 Å². The van der Waals surface area contributed by atoms with Crippen LogP contribution in [0.4, 0.5) is 8.78 Å². The molecule has 0 atom stereocenters. The number of halogens is 2. The number of hydrogen-bond donors (Lipinski definition) is 1. The van der Waals surface area contributed by atoms with Crippen molar-refractivity contribution in [3.8, 4) is 0 Å². The Labute approximate surface area is 136 Å². The van der Waals surface area contributed by atoms with Crippen molar-refractivity contribution in [2.75, 3.05) is 19.6 Å². The molecule has 0 spiro atoms. The van der Waals surface area contributed by atoms with Crippen molar-refractivity contribution < 1.29 is 13.6 Å².